The van der Waals surface area contributed by atoms with Crippen LogP contribution in [0.2, 0.25) is 0 Å². The summed E-state index contributed by atoms with van der Waals surface area (Å²) in [7, 11) is 0. The summed E-state index contributed by atoms with van der Waals surface area (Å²) in [6.45, 7) is 3.07. The van der Waals surface area contributed by atoms with Crippen LogP contribution in [-0.4, -0.2) is 28.0 Å². The predicted octanol–water partition coefficient (Wildman–Crippen LogP) is 2.78. The summed E-state index contributed by atoms with van der Waals surface area (Å²) < 4.78 is 5.49. The minimum Gasteiger partial charge on any atom is -0.473 e. The van der Waals surface area contributed by atoms with Gasteiger partial charge in [0.15, 0.2) is 0 Å². The first-order chi connectivity index (χ1) is 9.72. The molecule has 20 heavy (non-hydrogen) atoms. The number of anilines is 1. The summed E-state index contributed by atoms with van der Waals surface area (Å²) in [6, 6.07) is 0. The summed E-state index contributed by atoms with van der Waals surface area (Å²) in [5, 5.41) is 14.1. The zero-order valence-electron chi connectivity index (χ0n) is 11.7. The quantitative estimate of drug-likeness (QED) is 0.581. The average Bonchev–Trinajstić information content (AvgIpc) is 2.38. The second kappa shape index (κ2) is 7.02. The van der Waals surface area contributed by atoms with Crippen LogP contribution in [0, 0.1) is 16.0 Å². The minimum atomic E-state index is -0.489. The SMILES string of the molecule is CCCNc1ncnc(OCCC2CCC2)c1[N+](=O)[O-]. The van der Waals surface area contributed by atoms with Crippen molar-refractivity contribution in [2.75, 3.05) is 18.5 Å². The molecule has 7 heteroatoms. The standard InChI is InChI=1S/C13H20N4O3/c1-2-7-14-12-11(17(18)19)13(16-9-15-12)20-8-6-10-4-3-5-10/h9-10H,2-8H2,1H3,(H,14,15,16). The second-order valence-electron chi connectivity index (χ2n) is 4.99. The molecule has 1 saturated carbocycles. The van der Waals surface area contributed by atoms with Gasteiger partial charge in [0, 0.05) is 6.54 Å². The number of rotatable bonds is 8. The fraction of sp³-hybridized carbons (Fsp3) is 0.692. The molecule has 0 aliphatic heterocycles. The first kappa shape index (κ1) is 14.5. The molecule has 0 radical (unpaired) electrons. The van der Waals surface area contributed by atoms with Crippen LogP contribution in [0.4, 0.5) is 11.5 Å². The van der Waals surface area contributed by atoms with E-state index in [9.17, 15) is 10.1 Å². The topological polar surface area (TPSA) is 90.2 Å². The summed E-state index contributed by atoms with van der Waals surface area (Å²) >= 11 is 0. The molecule has 0 atom stereocenters. The van der Waals surface area contributed by atoms with Gasteiger partial charge in [-0.3, -0.25) is 10.1 Å². The summed E-state index contributed by atoms with van der Waals surface area (Å²) in [6.07, 6.45) is 6.84. The number of nitro groups is 1. The smallest absolute Gasteiger partial charge is 0.372 e. The molecular formula is C13H20N4O3. The number of hydrogen-bond donors (Lipinski definition) is 1. The van der Waals surface area contributed by atoms with Crippen molar-refractivity contribution in [3.05, 3.63) is 16.4 Å². The van der Waals surface area contributed by atoms with Crippen molar-refractivity contribution in [1.29, 1.82) is 0 Å². The van der Waals surface area contributed by atoms with Gasteiger partial charge in [-0.2, -0.15) is 4.98 Å². The van der Waals surface area contributed by atoms with E-state index >= 15 is 0 Å². The van der Waals surface area contributed by atoms with E-state index in [1.54, 1.807) is 0 Å². The van der Waals surface area contributed by atoms with Crippen molar-refractivity contribution in [3.8, 4) is 5.88 Å². The van der Waals surface area contributed by atoms with E-state index in [0.717, 1.165) is 12.8 Å². The molecule has 1 N–H and O–H groups in total. The Hall–Kier alpha value is -1.92. The molecule has 7 nitrogen and oxygen atoms in total. The third-order valence-corrected chi connectivity index (χ3v) is 3.50. The number of ether oxygens (including phenoxy) is 1. The van der Waals surface area contributed by atoms with Gasteiger partial charge in [0.2, 0.25) is 5.82 Å². The number of nitrogens with zero attached hydrogens (tertiary/aromatic N) is 3. The molecule has 1 heterocycles. The van der Waals surface area contributed by atoms with Gasteiger partial charge in [-0.05, 0) is 18.8 Å². The molecule has 1 aliphatic carbocycles. The Morgan fingerprint density at radius 2 is 2.30 bits per heavy atom. The molecule has 0 amide bonds. The minimum absolute atomic E-state index is 0.0583. The van der Waals surface area contributed by atoms with Crippen LogP contribution >= 0.6 is 0 Å². The number of aromatic nitrogens is 2. The Kier molecular flexibility index (Phi) is 5.09. The summed E-state index contributed by atoms with van der Waals surface area (Å²) in [5.41, 5.74) is -0.172. The Morgan fingerprint density at radius 3 is 2.90 bits per heavy atom. The molecule has 0 saturated heterocycles. The normalized spacial score (nSPS) is 14.7. The largest absolute Gasteiger partial charge is 0.473 e. The van der Waals surface area contributed by atoms with Crippen molar-refractivity contribution in [1.82, 2.24) is 9.97 Å². The predicted molar refractivity (Wildman–Crippen MR) is 74.9 cm³/mol. The van der Waals surface area contributed by atoms with E-state index in [2.05, 4.69) is 15.3 Å². The Labute approximate surface area is 117 Å². The first-order valence-corrected chi connectivity index (χ1v) is 7.08. The maximum atomic E-state index is 11.2. The van der Waals surface area contributed by atoms with Crippen molar-refractivity contribution >= 4 is 11.5 Å². The van der Waals surface area contributed by atoms with Crippen LogP contribution in [0.3, 0.4) is 0 Å². The van der Waals surface area contributed by atoms with E-state index in [0.29, 0.717) is 19.1 Å². The zero-order chi connectivity index (χ0) is 14.4. The average molecular weight is 280 g/mol. The highest BCUT2D eigenvalue weighted by atomic mass is 16.6. The Bertz CT molecular complexity index is 463. The van der Waals surface area contributed by atoms with Gasteiger partial charge in [-0.1, -0.05) is 26.2 Å². The monoisotopic (exact) mass is 280 g/mol. The van der Waals surface area contributed by atoms with E-state index < -0.39 is 4.92 Å². The van der Waals surface area contributed by atoms with Crippen LogP contribution in [0.15, 0.2) is 6.33 Å². The van der Waals surface area contributed by atoms with E-state index in [-0.39, 0.29) is 17.4 Å². The molecule has 1 fully saturated rings. The maximum Gasteiger partial charge on any atom is 0.372 e. The van der Waals surface area contributed by atoms with Gasteiger partial charge in [0.1, 0.15) is 6.33 Å². The van der Waals surface area contributed by atoms with Crippen LogP contribution in [0.5, 0.6) is 5.88 Å². The highest BCUT2D eigenvalue weighted by Gasteiger charge is 2.25. The number of hydrogen-bond acceptors (Lipinski definition) is 6. The van der Waals surface area contributed by atoms with Gasteiger partial charge in [-0.15, -0.1) is 0 Å². The van der Waals surface area contributed by atoms with Crippen LogP contribution < -0.4 is 10.1 Å². The molecular weight excluding hydrogens is 260 g/mol. The Balaban J connectivity index is 2.03. The van der Waals surface area contributed by atoms with Gasteiger partial charge in [-0.25, -0.2) is 4.98 Å². The Morgan fingerprint density at radius 1 is 1.50 bits per heavy atom. The first-order valence-electron chi connectivity index (χ1n) is 7.08. The van der Waals surface area contributed by atoms with Gasteiger partial charge >= 0.3 is 5.69 Å². The molecule has 1 aromatic heterocycles. The summed E-state index contributed by atoms with van der Waals surface area (Å²) in [5.74, 6) is 0.988. The molecule has 0 bridgehead atoms. The summed E-state index contributed by atoms with van der Waals surface area (Å²) in [4.78, 5) is 18.5. The fourth-order valence-corrected chi connectivity index (χ4v) is 2.11. The molecule has 1 aromatic rings. The van der Waals surface area contributed by atoms with Crippen LogP contribution in [0.1, 0.15) is 39.0 Å². The lowest BCUT2D eigenvalue weighted by molar-refractivity contribution is -0.385. The van der Waals surface area contributed by atoms with E-state index in [1.807, 2.05) is 6.92 Å². The maximum absolute atomic E-state index is 11.2. The molecule has 110 valence electrons. The third-order valence-electron chi connectivity index (χ3n) is 3.50. The van der Waals surface area contributed by atoms with Crippen LogP contribution in [-0.2, 0) is 0 Å². The second-order valence-corrected chi connectivity index (χ2v) is 4.99. The van der Waals surface area contributed by atoms with Gasteiger partial charge in [0.05, 0.1) is 11.5 Å². The fourth-order valence-electron chi connectivity index (χ4n) is 2.11. The molecule has 0 unspecified atom stereocenters. The van der Waals surface area contributed by atoms with Crippen molar-refractivity contribution in [2.24, 2.45) is 5.92 Å². The van der Waals surface area contributed by atoms with Crippen molar-refractivity contribution in [2.45, 2.75) is 39.0 Å². The van der Waals surface area contributed by atoms with E-state index in [1.165, 1.54) is 25.6 Å². The van der Waals surface area contributed by atoms with Crippen molar-refractivity contribution < 1.29 is 9.66 Å². The van der Waals surface area contributed by atoms with Gasteiger partial charge < -0.3 is 10.1 Å². The van der Waals surface area contributed by atoms with Crippen LogP contribution in [0.25, 0.3) is 0 Å². The third kappa shape index (κ3) is 3.55. The highest BCUT2D eigenvalue weighted by molar-refractivity contribution is 5.61. The highest BCUT2D eigenvalue weighted by Crippen LogP contribution is 2.32. The zero-order valence-corrected chi connectivity index (χ0v) is 11.7. The van der Waals surface area contributed by atoms with E-state index in [4.69, 9.17) is 4.74 Å². The van der Waals surface area contributed by atoms with Crippen molar-refractivity contribution in [3.63, 3.8) is 0 Å². The molecule has 1 aliphatic rings. The lowest BCUT2D eigenvalue weighted by Crippen LogP contribution is -2.15. The molecule has 0 spiro atoms. The lowest BCUT2D eigenvalue weighted by atomic mass is 9.83. The molecule has 0 aromatic carbocycles. The molecule has 2 rings (SSSR count). The lowest BCUT2D eigenvalue weighted by Gasteiger charge is -2.24. The number of nitrogens with one attached hydrogen (secondary N) is 1. The van der Waals surface area contributed by atoms with Gasteiger partial charge in [0.25, 0.3) is 5.88 Å².